The molecule has 24 heavy (non-hydrogen) atoms. The second-order valence-electron chi connectivity index (χ2n) is 5.01. The van der Waals surface area contributed by atoms with Gasteiger partial charge in [-0.2, -0.15) is 0 Å². The molecule has 8 heteroatoms. The van der Waals surface area contributed by atoms with Gasteiger partial charge in [0.1, 0.15) is 11.4 Å². The Morgan fingerprint density at radius 2 is 1.92 bits per heavy atom. The molecule has 2 aromatic rings. The third kappa shape index (κ3) is 4.19. The highest BCUT2D eigenvalue weighted by atomic mass is 16.6. The monoisotopic (exact) mass is 331 g/mol. The van der Waals surface area contributed by atoms with Crippen LogP contribution in [0.4, 0.5) is 11.5 Å². The van der Waals surface area contributed by atoms with E-state index in [1.54, 1.807) is 44.4 Å². The number of aryl methyl sites for hydroxylation is 1. The molecule has 1 aromatic carbocycles. The second kappa shape index (κ2) is 7.40. The SMILES string of the molecule is COc1ccc(NC(=O)[C@@H](C)Oc2ccc(C)nc2[N+](=O)[O-])cc1. The molecular weight excluding hydrogens is 314 g/mol. The van der Waals surface area contributed by atoms with Crippen LogP contribution in [0.3, 0.4) is 0 Å². The van der Waals surface area contributed by atoms with Gasteiger partial charge >= 0.3 is 5.82 Å². The van der Waals surface area contributed by atoms with Crippen LogP contribution in [0.25, 0.3) is 0 Å². The lowest BCUT2D eigenvalue weighted by Crippen LogP contribution is -2.30. The fourth-order valence-electron chi connectivity index (χ4n) is 1.92. The number of carbonyl (C=O) groups excluding carboxylic acids is 1. The fraction of sp³-hybridized carbons (Fsp3) is 0.250. The molecule has 0 bridgehead atoms. The molecule has 0 aliphatic rings. The molecule has 0 fully saturated rings. The van der Waals surface area contributed by atoms with Crippen LogP contribution in [0.15, 0.2) is 36.4 Å². The molecule has 0 aliphatic carbocycles. The first-order valence-corrected chi connectivity index (χ1v) is 7.14. The summed E-state index contributed by atoms with van der Waals surface area (Å²) in [5.74, 6) is -0.240. The minimum atomic E-state index is -0.935. The van der Waals surface area contributed by atoms with E-state index in [2.05, 4.69) is 10.3 Å². The first kappa shape index (κ1) is 17.2. The summed E-state index contributed by atoms with van der Waals surface area (Å²) in [5.41, 5.74) is 1.05. The lowest BCUT2D eigenvalue weighted by molar-refractivity contribution is -0.390. The van der Waals surface area contributed by atoms with Crippen molar-refractivity contribution in [2.45, 2.75) is 20.0 Å². The number of ether oxygens (including phenoxy) is 2. The van der Waals surface area contributed by atoms with E-state index in [0.29, 0.717) is 17.1 Å². The third-order valence-corrected chi connectivity index (χ3v) is 3.18. The number of nitro groups is 1. The summed E-state index contributed by atoms with van der Waals surface area (Å²) in [4.78, 5) is 26.4. The van der Waals surface area contributed by atoms with E-state index in [1.165, 1.54) is 13.0 Å². The van der Waals surface area contributed by atoms with Gasteiger partial charge in [-0.25, -0.2) is 0 Å². The first-order chi connectivity index (χ1) is 11.4. The number of carbonyl (C=O) groups is 1. The minimum absolute atomic E-state index is 0.0528. The third-order valence-electron chi connectivity index (χ3n) is 3.18. The molecule has 1 aromatic heterocycles. The maximum atomic E-state index is 12.2. The molecule has 0 saturated carbocycles. The summed E-state index contributed by atoms with van der Waals surface area (Å²) >= 11 is 0. The number of benzene rings is 1. The van der Waals surface area contributed by atoms with Gasteiger partial charge in [0, 0.05) is 12.6 Å². The van der Waals surface area contributed by atoms with Crippen molar-refractivity contribution in [1.82, 2.24) is 4.98 Å². The highest BCUT2D eigenvalue weighted by molar-refractivity contribution is 5.94. The van der Waals surface area contributed by atoms with E-state index in [0.717, 1.165) is 0 Å². The molecule has 1 heterocycles. The number of pyridine rings is 1. The van der Waals surface area contributed by atoms with E-state index < -0.39 is 22.8 Å². The molecule has 0 unspecified atom stereocenters. The number of nitrogens with one attached hydrogen (secondary N) is 1. The molecule has 0 saturated heterocycles. The number of hydrogen-bond donors (Lipinski definition) is 1. The molecule has 0 aliphatic heterocycles. The van der Waals surface area contributed by atoms with Crippen LogP contribution in [-0.2, 0) is 4.79 Å². The lowest BCUT2D eigenvalue weighted by Gasteiger charge is -2.14. The largest absolute Gasteiger partial charge is 0.497 e. The van der Waals surface area contributed by atoms with Crippen LogP contribution in [0, 0.1) is 17.0 Å². The summed E-state index contributed by atoms with van der Waals surface area (Å²) in [6.07, 6.45) is -0.935. The number of anilines is 1. The summed E-state index contributed by atoms with van der Waals surface area (Å²) in [6.45, 7) is 3.14. The summed E-state index contributed by atoms with van der Waals surface area (Å²) in [6, 6.07) is 9.78. The van der Waals surface area contributed by atoms with E-state index in [-0.39, 0.29) is 5.75 Å². The molecule has 1 atom stereocenters. The van der Waals surface area contributed by atoms with Gasteiger partial charge in [-0.1, -0.05) is 0 Å². The molecular formula is C16H17N3O5. The van der Waals surface area contributed by atoms with Crippen molar-refractivity contribution in [2.75, 3.05) is 12.4 Å². The molecule has 8 nitrogen and oxygen atoms in total. The Kier molecular flexibility index (Phi) is 5.31. The van der Waals surface area contributed by atoms with Crippen molar-refractivity contribution >= 4 is 17.4 Å². The normalized spacial score (nSPS) is 11.5. The van der Waals surface area contributed by atoms with Crippen molar-refractivity contribution < 1.29 is 19.2 Å². The predicted octanol–water partition coefficient (Wildman–Crippen LogP) is 2.71. The van der Waals surface area contributed by atoms with Crippen molar-refractivity contribution in [1.29, 1.82) is 0 Å². The Hall–Kier alpha value is -3.16. The van der Waals surface area contributed by atoms with Gasteiger partial charge in [0.2, 0.25) is 5.75 Å². The van der Waals surface area contributed by atoms with Gasteiger partial charge in [0.25, 0.3) is 5.91 Å². The first-order valence-electron chi connectivity index (χ1n) is 7.14. The Balaban J connectivity index is 2.07. The minimum Gasteiger partial charge on any atom is -0.497 e. The average molecular weight is 331 g/mol. The Morgan fingerprint density at radius 1 is 1.25 bits per heavy atom. The van der Waals surface area contributed by atoms with Crippen LogP contribution in [0.1, 0.15) is 12.6 Å². The standard InChI is InChI=1S/C16H17N3O5/c1-10-4-9-14(15(17-10)19(21)22)24-11(2)16(20)18-12-5-7-13(23-3)8-6-12/h4-9,11H,1-3H3,(H,18,20)/t11-/m1/s1. The molecule has 1 N–H and O–H groups in total. The molecule has 126 valence electrons. The highest BCUT2D eigenvalue weighted by Gasteiger charge is 2.22. The van der Waals surface area contributed by atoms with Gasteiger partial charge in [-0.3, -0.25) is 4.79 Å². The quantitative estimate of drug-likeness (QED) is 0.645. The highest BCUT2D eigenvalue weighted by Crippen LogP contribution is 2.25. The fourth-order valence-corrected chi connectivity index (χ4v) is 1.92. The van der Waals surface area contributed by atoms with Gasteiger partial charge < -0.3 is 24.9 Å². The Bertz CT molecular complexity index is 746. The van der Waals surface area contributed by atoms with Gasteiger partial charge in [-0.15, -0.1) is 0 Å². The Labute approximate surface area is 138 Å². The van der Waals surface area contributed by atoms with Gasteiger partial charge in [-0.05, 0) is 53.2 Å². The van der Waals surface area contributed by atoms with E-state index in [1.807, 2.05) is 0 Å². The molecule has 2 rings (SSSR count). The van der Waals surface area contributed by atoms with E-state index >= 15 is 0 Å². The van der Waals surface area contributed by atoms with Crippen LogP contribution in [0.5, 0.6) is 11.5 Å². The van der Waals surface area contributed by atoms with E-state index in [9.17, 15) is 14.9 Å². The zero-order valence-electron chi connectivity index (χ0n) is 13.5. The number of methoxy groups -OCH3 is 1. The number of hydrogen-bond acceptors (Lipinski definition) is 6. The van der Waals surface area contributed by atoms with Crippen molar-refractivity contribution in [3.63, 3.8) is 0 Å². The number of amides is 1. The van der Waals surface area contributed by atoms with Crippen LogP contribution in [0.2, 0.25) is 0 Å². The van der Waals surface area contributed by atoms with Crippen molar-refractivity contribution in [2.24, 2.45) is 0 Å². The average Bonchev–Trinajstić information content (AvgIpc) is 2.56. The Morgan fingerprint density at radius 3 is 2.50 bits per heavy atom. The smallest absolute Gasteiger partial charge is 0.406 e. The maximum Gasteiger partial charge on any atom is 0.406 e. The zero-order chi connectivity index (χ0) is 17.7. The predicted molar refractivity (Wildman–Crippen MR) is 87.3 cm³/mol. The van der Waals surface area contributed by atoms with Gasteiger partial charge in [0.05, 0.1) is 7.11 Å². The second-order valence-corrected chi connectivity index (χ2v) is 5.01. The number of nitrogens with zero attached hydrogens (tertiary/aromatic N) is 2. The van der Waals surface area contributed by atoms with Crippen molar-refractivity contribution in [3.05, 3.63) is 52.2 Å². The lowest BCUT2D eigenvalue weighted by atomic mass is 10.2. The zero-order valence-corrected chi connectivity index (χ0v) is 13.5. The summed E-state index contributed by atoms with van der Waals surface area (Å²) < 4.78 is 10.4. The maximum absolute atomic E-state index is 12.2. The number of aromatic nitrogens is 1. The molecule has 0 spiro atoms. The van der Waals surface area contributed by atoms with Gasteiger partial charge in [0.15, 0.2) is 6.10 Å². The van der Waals surface area contributed by atoms with Crippen LogP contribution >= 0.6 is 0 Å². The summed E-state index contributed by atoms with van der Waals surface area (Å²) in [7, 11) is 1.55. The molecule has 1 amide bonds. The topological polar surface area (TPSA) is 104 Å². The van der Waals surface area contributed by atoms with E-state index in [4.69, 9.17) is 9.47 Å². The van der Waals surface area contributed by atoms with Crippen LogP contribution < -0.4 is 14.8 Å². The van der Waals surface area contributed by atoms with Crippen molar-refractivity contribution in [3.8, 4) is 11.5 Å². The van der Waals surface area contributed by atoms with Crippen LogP contribution in [-0.4, -0.2) is 29.0 Å². The molecule has 0 radical (unpaired) electrons. The number of rotatable bonds is 6. The summed E-state index contributed by atoms with van der Waals surface area (Å²) in [5, 5.41) is 13.7.